The standard InChI is InChI=1S/C27H36N2O4/c1-18-11-23-21(15-24(18)31-3)12-22(23)17-28(2)8-6-9-29-10-7-19-13-25(32-4)26(33-5)14-20(19)16-27(29)30/h11,13-15,22H,6-10,12,16-17H2,1-5H3. The smallest absolute Gasteiger partial charge is 0.227 e. The summed E-state index contributed by atoms with van der Waals surface area (Å²) >= 11 is 0. The Morgan fingerprint density at radius 1 is 0.970 bits per heavy atom. The number of rotatable bonds is 9. The molecule has 0 saturated carbocycles. The van der Waals surface area contributed by atoms with E-state index in [-0.39, 0.29) is 5.91 Å². The van der Waals surface area contributed by atoms with E-state index < -0.39 is 0 Å². The van der Waals surface area contributed by atoms with Crippen LogP contribution in [0, 0.1) is 6.92 Å². The van der Waals surface area contributed by atoms with Gasteiger partial charge in [0.1, 0.15) is 5.75 Å². The number of hydrogen-bond donors (Lipinski definition) is 0. The lowest BCUT2D eigenvalue weighted by Crippen LogP contribution is -2.36. The second kappa shape index (κ2) is 10.0. The monoisotopic (exact) mass is 452 g/mol. The summed E-state index contributed by atoms with van der Waals surface area (Å²) in [6, 6.07) is 8.45. The summed E-state index contributed by atoms with van der Waals surface area (Å²) in [5.74, 6) is 3.19. The van der Waals surface area contributed by atoms with Crippen LogP contribution in [0.25, 0.3) is 0 Å². The topological polar surface area (TPSA) is 51.2 Å². The van der Waals surface area contributed by atoms with Crippen LogP contribution >= 0.6 is 0 Å². The molecule has 0 radical (unpaired) electrons. The highest BCUT2D eigenvalue weighted by atomic mass is 16.5. The molecule has 4 rings (SSSR count). The molecular weight excluding hydrogens is 416 g/mol. The van der Waals surface area contributed by atoms with E-state index in [9.17, 15) is 4.79 Å². The molecule has 1 heterocycles. The molecule has 1 aliphatic heterocycles. The maximum atomic E-state index is 12.9. The van der Waals surface area contributed by atoms with Gasteiger partial charge in [0.15, 0.2) is 11.5 Å². The third kappa shape index (κ3) is 4.96. The third-order valence-corrected chi connectivity index (χ3v) is 7.11. The second-order valence-corrected chi connectivity index (χ2v) is 9.32. The number of ether oxygens (including phenoxy) is 3. The highest BCUT2D eigenvalue weighted by molar-refractivity contribution is 5.80. The minimum absolute atomic E-state index is 0.195. The number of aryl methyl sites for hydroxylation is 1. The molecule has 1 aliphatic carbocycles. The van der Waals surface area contributed by atoms with Gasteiger partial charge in [0.05, 0.1) is 27.8 Å². The van der Waals surface area contributed by atoms with Crippen molar-refractivity contribution in [3.63, 3.8) is 0 Å². The van der Waals surface area contributed by atoms with Crippen LogP contribution in [0.4, 0.5) is 0 Å². The minimum Gasteiger partial charge on any atom is -0.496 e. The minimum atomic E-state index is 0.195. The number of amides is 1. The molecule has 178 valence electrons. The normalized spacial score (nSPS) is 17.2. The summed E-state index contributed by atoms with van der Waals surface area (Å²) in [5.41, 5.74) is 6.31. The molecule has 0 bridgehead atoms. The van der Waals surface area contributed by atoms with Gasteiger partial charge < -0.3 is 24.0 Å². The van der Waals surface area contributed by atoms with Gasteiger partial charge in [-0.2, -0.15) is 0 Å². The van der Waals surface area contributed by atoms with Crippen molar-refractivity contribution in [3.8, 4) is 17.2 Å². The zero-order valence-corrected chi connectivity index (χ0v) is 20.6. The molecule has 0 N–H and O–H groups in total. The van der Waals surface area contributed by atoms with E-state index in [1.54, 1.807) is 21.3 Å². The van der Waals surface area contributed by atoms with Crippen molar-refractivity contribution in [2.24, 2.45) is 0 Å². The SMILES string of the molecule is COc1cc2c(cc1C)C(CN(C)CCCN1CCc3cc(OC)c(OC)cc3CC1=O)C2. The molecular formula is C27H36N2O4. The number of carbonyl (C=O) groups excluding carboxylic acids is 1. The van der Waals surface area contributed by atoms with Crippen LogP contribution in [0.2, 0.25) is 0 Å². The van der Waals surface area contributed by atoms with E-state index in [2.05, 4.69) is 31.0 Å². The maximum absolute atomic E-state index is 12.9. The van der Waals surface area contributed by atoms with Crippen LogP contribution in [0.15, 0.2) is 24.3 Å². The van der Waals surface area contributed by atoms with Gasteiger partial charge in [-0.15, -0.1) is 0 Å². The molecule has 6 nitrogen and oxygen atoms in total. The zero-order chi connectivity index (χ0) is 23.5. The molecule has 2 aromatic carbocycles. The first kappa shape index (κ1) is 23.4. The fourth-order valence-electron chi connectivity index (χ4n) is 5.19. The van der Waals surface area contributed by atoms with E-state index in [1.807, 2.05) is 17.0 Å². The largest absolute Gasteiger partial charge is 0.496 e. The lowest BCUT2D eigenvalue weighted by atomic mass is 9.76. The van der Waals surface area contributed by atoms with Gasteiger partial charge in [0.2, 0.25) is 5.91 Å². The number of nitrogens with zero attached hydrogens (tertiary/aromatic N) is 2. The Balaban J connectivity index is 1.27. The molecule has 1 unspecified atom stereocenters. The van der Waals surface area contributed by atoms with Crippen molar-refractivity contribution in [1.29, 1.82) is 0 Å². The molecule has 6 heteroatoms. The van der Waals surface area contributed by atoms with Gasteiger partial charge in [0, 0.05) is 25.6 Å². The average Bonchev–Trinajstić information content (AvgIpc) is 2.95. The van der Waals surface area contributed by atoms with E-state index >= 15 is 0 Å². The van der Waals surface area contributed by atoms with Crippen LogP contribution in [-0.2, 0) is 24.1 Å². The Labute approximate surface area is 197 Å². The molecule has 0 fully saturated rings. The van der Waals surface area contributed by atoms with Crippen LogP contribution < -0.4 is 14.2 Å². The van der Waals surface area contributed by atoms with Gasteiger partial charge in [-0.05, 0) is 85.8 Å². The molecule has 0 spiro atoms. The molecule has 2 aromatic rings. The number of likely N-dealkylation sites (N-methyl/N-ethyl adjacent to an activating group) is 1. The highest BCUT2D eigenvalue weighted by Gasteiger charge is 2.28. The molecule has 33 heavy (non-hydrogen) atoms. The molecule has 2 aliphatic rings. The summed E-state index contributed by atoms with van der Waals surface area (Å²) in [5, 5.41) is 0. The Bertz CT molecular complexity index is 1020. The quantitative estimate of drug-likeness (QED) is 0.582. The Morgan fingerprint density at radius 2 is 1.64 bits per heavy atom. The van der Waals surface area contributed by atoms with Gasteiger partial charge in [0.25, 0.3) is 0 Å². The van der Waals surface area contributed by atoms with Crippen molar-refractivity contribution in [2.75, 3.05) is 54.6 Å². The summed E-state index contributed by atoms with van der Waals surface area (Å²) in [6.45, 7) is 5.70. The highest BCUT2D eigenvalue weighted by Crippen LogP contribution is 2.39. The Hall–Kier alpha value is -2.73. The fourth-order valence-corrected chi connectivity index (χ4v) is 5.19. The maximum Gasteiger partial charge on any atom is 0.227 e. The molecule has 0 saturated heterocycles. The first-order valence-electron chi connectivity index (χ1n) is 11.8. The second-order valence-electron chi connectivity index (χ2n) is 9.32. The number of carbonyl (C=O) groups is 1. The Morgan fingerprint density at radius 3 is 2.33 bits per heavy atom. The van der Waals surface area contributed by atoms with Gasteiger partial charge in [-0.25, -0.2) is 0 Å². The first-order valence-corrected chi connectivity index (χ1v) is 11.8. The first-order chi connectivity index (χ1) is 15.9. The summed E-state index contributed by atoms with van der Waals surface area (Å²) in [6.07, 6.45) is 3.37. The van der Waals surface area contributed by atoms with E-state index in [0.29, 0.717) is 18.1 Å². The number of hydrogen-bond acceptors (Lipinski definition) is 5. The summed E-state index contributed by atoms with van der Waals surface area (Å²) in [4.78, 5) is 17.3. The number of benzene rings is 2. The van der Waals surface area contributed by atoms with Crippen LogP contribution in [0.3, 0.4) is 0 Å². The molecule has 0 aromatic heterocycles. The van der Waals surface area contributed by atoms with Crippen molar-refractivity contribution in [2.45, 2.75) is 38.5 Å². The predicted molar refractivity (Wildman–Crippen MR) is 130 cm³/mol. The van der Waals surface area contributed by atoms with Crippen molar-refractivity contribution in [3.05, 3.63) is 52.1 Å². The van der Waals surface area contributed by atoms with Crippen LogP contribution in [0.1, 0.15) is 40.2 Å². The lowest BCUT2D eigenvalue weighted by molar-refractivity contribution is -0.130. The lowest BCUT2D eigenvalue weighted by Gasteiger charge is -2.34. The van der Waals surface area contributed by atoms with Crippen molar-refractivity contribution in [1.82, 2.24) is 9.80 Å². The van der Waals surface area contributed by atoms with E-state index in [4.69, 9.17) is 14.2 Å². The van der Waals surface area contributed by atoms with Crippen molar-refractivity contribution >= 4 is 5.91 Å². The summed E-state index contributed by atoms with van der Waals surface area (Å²) < 4.78 is 16.3. The number of fused-ring (bicyclic) bond motifs is 2. The van der Waals surface area contributed by atoms with Crippen LogP contribution in [-0.4, -0.2) is 70.3 Å². The number of methoxy groups -OCH3 is 3. The van der Waals surface area contributed by atoms with Gasteiger partial charge in [-0.3, -0.25) is 4.79 Å². The van der Waals surface area contributed by atoms with Gasteiger partial charge >= 0.3 is 0 Å². The molecule has 1 atom stereocenters. The average molecular weight is 453 g/mol. The third-order valence-electron chi connectivity index (χ3n) is 7.11. The van der Waals surface area contributed by atoms with Gasteiger partial charge in [-0.1, -0.05) is 6.07 Å². The Kier molecular flexibility index (Phi) is 7.13. The van der Waals surface area contributed by atoms with Crippen LogP contribution in [0.5, 0.6) is 17.2 Å². The summed E-state index contributed by atoms with van der Waals surface area (Å²) in [7, 11) is 7.20. The van der Waals surface area contributed by atoms with E-state index in [1.165, 1.54) is 22.3 Å². The van der Waals surface area contributed by atoms with E-state index in [0.717, 1.165) is 62.5 Å². The fraction of sp³-hybridized carbons (Fsp3) is 0.519. The zero-order valence-electron chi connectivity index (χ0n) is 20.6. The van der Waals surface area contributed by atoms with Crippen molar-refractivity contribution < 1.29 is 19.0 Å². The molecule has 1 amide bonds. The predicted octanol–water partition coefficient (Wildman–Crippen LogP) is 3.61.